The molecule has 116 valence electrons. The molecule has 0 saturated heterocycles. The molecule has 0 atom stereocenters. The third-order valence-corrected chi connectivity index (χ3v) is 2.91. The number of benzene rings is 1. The predicted octanol–water partition coefficient (Wildman–Crippen LogP) is 2.34. The Bertz CT molecular complexity index is 542. The number of hydrogen-bond acceptors (Lipinski definition) is 5. The van der Waals surface area contributed by atoms with Crippen molar-refractivity contribution >= 4 is 11.6 Å². The minimum atomic E-state index is -0.599. The maximum Gasteiger partial charge on any atom is 0.286 e. The average molecular weight is 296 g/mol. The van der Waals surface area contributed by atoms with Crippen LogP contribution in [-0.2, 0) is 0 Å². The SMILES string of the molecule is COc1cc(C(=O)N(C)CC(C)C)c([N+](=O)[O-])cc1OC. The summed E-state index contributed by atoms with van der Waals surface area (Å²) in [5.41, 5.74) is -0.311. The van der Waals surface area contributed by atoms with Gasteiger partial charge in [0.05, 0.1) is 25.2 Å². The fourth-order valence-corrected chi connectivity index (χ4v) is 2.03. The first-order chi connectivity index (χ1) is 9.81. The summed E-state index contributed by atoms with van der Waals surface area (Å²) < 4.78 is 10.1. The molecule has 1 amide bonds. The zero-order valence-electron chi connectivity index (χ0n) is 12.9. The van der Waals surface area contributed by atoms with Crippen LogP contribution < -0.4 is 9.47 Å². The van der Waals surface area contributed by atoms with Gasteiger partial charge in [-0.1, -0.05) is 13.8 Å². The summed E-state index contributed by atoms with van der Waals surface area (Å²) >= 11 is 0. The number of hydrogen-bond donors (Lipinski definition) is 0. The summed E-state index contributed by atoms with van der Waals surface area (Å²) in [6.07, 6.45) is 0. The monoisotopic (exact) mass is 296 g/mol. The van der Waals surface area contributed by atoms with Crippen LogP contribution in [0.1, 0.15) is 24.2 Å². The maximum atomic E-state index is 12.4. The normalized spacial score (nSPS) is 10.4. The van der Waals surface area contributed by atoms with E-state index in [1.54, 1.807) is 7.05 Å². The number of rotatable bonds is 6. The molecule has 0 aliphatic rings. The number of nitro groups is 1. The highest BCUT2D eigenvalue weighted by Crippen LogP contribution is 2.35. The highest BCUT2D eigenvalue weighted by Gasteiger charge is 2.26. The molecule has 0 radical (unpaired) electrons. The topological polar surface area (TPSA) is 81.9 Å². The van der Waals surface area contributed by atoms with Gasteiger partial charge in [-0.25, -0.2) is 0 Å². The maximum absolute atomic E-state index is 12.4. The van der Waals surface area contributed by atoms with Crippen LogP contribution >= 0.6 is 0 Å². The van der Waals surface area contributed by atoms with Gasteiger partial charge >= 0.3 is 0 Å². The van der Waals surface area contributed by atoms with E-state index in [0.29, 0.717) is 6.54 Å². The summed E-state index contributed by atoms with van der Waals surface area (Å²) in [5, 5.41) is 11.2. The zero-order chi connectivity index (χ0) is 16.2. The van der Waals surface area contributed by atoms with Crippen molar-refractivity contribution in [3.8, 4) is 11.5 Å². The van der Waals surface area contributed by atoms with Crippen molar-refractivity contribution in [2.45, 2.75) is 13.8 Å². The standard InChI is InChI=1S/C14H20N2O5/c1-9(2)8-15(3)14(17)10-6-12(20-4)13(21-5)7-11(10)16(18)19/h6-7,9H,8H2,1-5H3. The lowest BCUT2D eigenvalue weighted by Gasteiger charge is -2.20. The van der Waals surface area contributed by atoms with Gasteiger partial charge in [0.25, 0.3) is 11.6 Å². The first kappa shape index (κ1) is 16.7. The molecular weight excluding hydrogens is 276 g/mol. The van der Waals surface area contributed by atoms with Crippen molar-refractivity contribution in [2.75, 3.05) is 27.8 Å². The van der Waals surface area contributed by atoms with Crippen molar-refractivity contribution in [1.82, 2.24) is 4.90 Å². The second-order valence-electron chi connectivity index (χ2n) is 5.06. The van der Waals surface area contributed by atoms with Crippen LogP contribution in [0.5, 0.6) is 11.5 Å². The van der Waals surface area contributed by atoms with Gasteiger partial charge in [0, 0.05) is 19.7 Å². The predicted molar refractivity (Wildman–Crippen MR) is 78.0 cm³/mol. The molecule has 7 nitrogen and oxygen atoms in total. The van der Waals surface area contributed by atoms with Crippen LogP contribution in [0, 0.1) is 16.0 Å². The number of carbonyl (C=O) groups excluding carboxylic acids is 1. The summed E-state index contributed by atoms with van der Waals surface area (Å²) in [4.78, 5) is 24.4. The largest absolute Gasteiger partial charge is 0.493 e. The Balaban J connectivity index is 3.32. The zero-order valence-corrected chi connectivity index (χ0v) is 12.9. The first-order valence-corrected chi connectivity index (χ1v) is 6.47. The number of carbonyl (C=O) groups is 1. The van der Waals surface area contributed by atoms with E-state index in [2.05, 4.69) is 0 Å². The Morgan fingerprint density at radius 1 is 1.29 bits per heavy atom. The van der Waals surface area contributed by atoms with Crippen molar-refractivity contribution in [2.24, 2.45) is 5.92 Å². The molecule has 0 saturated carbocycles. The minimum absolute atomic E-state index is 0.0131. The average Bonchev–Trinajstić information content (AvgIpc) is 2.43. The molecule has 0 unspecified atom stereocenters. The van der Waals surface area contributed by atoms with Gasteiger partial charge in [-0.15, -0.1) is 0 Å². The van der Waals surface area contributed by atoms with Gasteiger partial charge in [-0.3, -0.25) is 14.9 Å². The molecule has 0 aliphatic carbocycles. The Labute approximate surface area is 123 Å². The van der Waals surface area contributed by atoms with E-state index in [4.69, 9.17) is 9.47 Å². The summed E-state index contributed by atoms with van der Waals surface area (Å²) in [7, 11) is 4.41. The molecule has 1 aromatic carbocycles. The van der Waals surface area contributed by atoms with Gasteiger partial charge in [0.2, 0.25) is 0 Å². The van der Waals surface area contributed by atoms with E-state index in [1.807, 2.05) is 13.8 Å². The van der Waals surface area contributed by atoms with Gasteiger partial charge < -0.3 is 14.4 Å². The molecule has 0 spiro atoms. The van der Waals surface area contributed by atoms with Crippen LogP contribution in [0.25, 0.3) is 0 Å². The Hall–Kier alpha value is -2.31. The van der Waals surface area contributed by atoms with E-state index in [-0.39, 0.29) is 28.7 Å². The third kappa shape index (κ3) is 3.84. The number of amides is 1. The van der Waals surface area contributed by atoms with Crippen LogP contribution in [0.2, 0.25) is 0 Å². The molecule has 0 fully saturated rings. The van der Waals surface area contributed by atoms with E-state index >= 15 is 0 Å². The van der Waals surface area contributed by atoms with Crippen LogP contribution in [0.4, 0.5) is 5.69 Å². The summed E-state index contributed by atoms with van der Waals surface area (Å²) in [6.45, 7) is 4.43. The smallest absolute Gasteiger partial charge is 0.286 e. The van der Waals surface area contributed by atoms with Gasteiger partial charge in [-0.2, -0.15) is 0 Å². The molecule has 1 aromatic rings. The second-order valence-corrected chi connectivity index (χ2v) is 5.06. The van der Waals surface area contributed by atoms with Crippen LogP contribution in [0.3, 0.4) is 0 Å². The third-order valence-electron chi connectivity index (χ3n) is 2.91. The summed E-state index contributed by atoms with van der Waals surface area (Å²) in [6, 6.07) is 2.55. The molecule has 0 aliphatic heterocycles. The highest BCUT2D eigenvalue weighted by molar-refractivity contribution is 5.99. The number of ether oxygens (including phenoxy) is 2. The van der Waals surface area contributed by atoms with Gasteiger partial charge in [0.1, 0.15) is 5.56 Å². The van der Waals surface area contributed by atoms with E-state index in [1.165, 1.54) is 31.3 Å². The fourth-order valence-electron chi connectivity index (χ4n) is 2.03. The van der Waals surface area contributed by atoms with E-state index in [9.17, 15) is 14.9 Å². The van der Waals surface area contributed by atoms with Gasteiger partial charge in [-0.05, 0) is 5.92 Å². The van der Waals surface area contributed by atoms with Crippen LogP contribution in [0.15, 0.2) is 12.1 Å². The van der Waals surface area contributed by atoms with Crippen molar-refractivity contribution in [1.29, 1.82) is 0 Å². The van der Waals surface area contributed by atoms with Gasteiger partial charge in [0.15, 0.2) is 11.5 Å². The lowest BCUT2D eigenvalue weighted by Crippen LogP contribution is -2.30. The Morgan fingerprint density at radius 2 is 1.81 bits per heavy atom. The van der Waals surface area contributed by atoms with E-state index in [0.717, 1.165) is 0 Å². The molecule has 0 heterocycles. The molecule has 0 bridgehead atoms. The lowest BCUT2D eigenvalue weighted by atomic mass is 10.1. The van der Waals surface area contributed by atoms with Crippen molar-refractivity contribution < 1.29 is 19.2 Å². The fraction of sp³-hybridized carbons (Fsp3) is 0.500. The minimum Gasteiger partial charge on any atom is -0.493 e. The first-order valence-electron chi connectivity index (χ1n) is 6.47. The molecule has 0 N–H and O–H groups in total. The molecule has 7 heteroatoms. The van der Waals surface area contributed by atoms with Crippen molar-refractivity contribution in [3.63, 3.8) is 0 Å². The number of methoxy groups -OCH3 is 2. The highest BCUT2D eigenvalue weighted by atomic mass is 16.6. The molecule has 1 rings (SSSR count). The quantitative estimate of drug-likeness (QED) is 0.594. The number of nitrogens with zero attached hydrogens (tertiary/aromatic N) is 2. The van der Waals surface area contributed by atoms with Crippen molar-refractivity contribution in [3.05, 3.63) is 27.8 Å². The molecule has 0 aromatic heterocycles. The second kappa shape index (κ2) is 6.92. The van der Waals surface area contributed by atoms with E-state index < -0.39 is 10.8 Å². The molecule has 21 heavy (non-hydrogen) atoms. The molecular formula is C14H20N2O5. The Kier molecular flexibility index (Phi) is 5.52. The Morgan fingerprint density at radius 3 is 2.24 bits per heavy atom. The number of nitro benzene ring substituents is 1. The lowest BCUT2D eigenvalue weighted by molar-refractivity contribution is -0.385. The van der Waals surface area contributed by atoms with Crippen LogP contribution in [-0.4, -0.2) is 43.5 Å². The summed E-state index contributed by atoms with van der Waals surface area (Å²) in [5.74, 6) is 0.339.